The molecular formula is C51H62N3Na9O48S7. The van der Waals surface area contributed by atoms with Gasteiger partial charge >= 0.3 is 266 Å². The van der Waals surface area contributed by atoms with Gasteiger partial charge in [0, 0.05) is 33.4 Å². The first-order valence-electron chi connectivity index (χ1n) is 30.5. The average molecular weight is 1920 g/mol. The van der Waals surface area contributed by atoms with E-state index in [2.05, 4.69) is 35.1 Å². The van der Waals surface area contributed by atoms with Gasteiger partial charge in [0.05, 0.1) is 51.6 Å². The van der Waals surface area contributed by atoms with Crippen molar-refractivity contribution in [1.29, 1.82) is 0 Å². The van der Waals surface area contributed by atoms with E-state index in [0.717, 1.165) is 21.1 Å². The maximum Gasteiger partial charge on any atom is 1.00 e. The molecule has 2 aromatic carbocycles. The molecule has 0 amide bonds. The van der Waals surface area contributed by atoms with E-state index in [1.54, 1.807) is 60.7 Å². The number of benzene rings is 2. The standard InChI is InChI=1S/C51H71N3O48S7.9Na/c1-6-50(48(55)56)41(95-43-28(53-54-52)32(85-18-24-15-11-8-12-16-24)29(25(90-43)19-87-103(59,60)61)84-17-23-13-9-7-10-14-23)35(80-2)37(82-4)46(97-50)93-31-27(21-89-105(65,66)67)92-45(40(102-109(77,78)79)34(31)100-107(71,72)73)96-42-36(81-3)38-47(98-51(42,22-86-38)49(57)58)94-30-26(20-88-104(62,63)64)91-44(83-5)39(101-108(74,75)76)33(30)99-106(68,69)70;;;;;;;;;/h7-16,25-47H,6,17-22H2,1-5H3,(H,55,56)(H,57,58)(H,59,60,61)(H,62,63,64)(H,65,66,67)(H,68,69,70)(H,71,72,73)(H,74,75,76)(H,77,78,79);;;;;;;;;/q;9*+1/p-9/t25-,26-,27-,28-,29-,30-,31-,32-,33+,34+,35-,36-,37-,38+,39-,40-,41+,42+,43-,44+,45-,46-,47-,50+,51-;;;;;;;;;/m1........./s1. The first-order chi connectivity index (χ1) is 50.7. The molecule has 0 unspecified atom stereocenters. The molecule has 0 aromatic heterocycles. The Morgan fingerprint density at radius 2 is 0.814 bits per heavy atom. The predicted molar refractivity (Wildman–Crippen MR) is 318 cm³/mol. The fraction of sp³-hybridized carbons (Fsp3) is 0.725. The third kappa shape index (κ3) is 34.6. The second kappa shape index (κ2) is 53.3. The van der Waals surface area contributed by atoms with E-state index in [0.29, 0.717) is 25.3 Å². The summed E-state index contributed by atoms with van der Waals surface area (Å²) in [6.45, 7) is -6.02. The zero-order valence-electron chi connectivity index (χ0n) is 64.8. The predicted octanol–water partition coefficient (Wildman–Crippen LogP) is -35.4. The van der Waals surface area contributed by atoms with Crippen LogP contribution in [0.1, 0.15) is 24.5 Å². The summed E-state index contributed by atoms with van der Waals surface area (Å²) >= 11 is 0. The molecule has 7 heterocycles. The molecule has 9 rings (SSSR count). The van der Waals surface area contributed by atoms with E-state index in [-0.39, 0.29) is 279 Å². The third-order valence-electron chi connectivity index (χ3n) is 16.9. The molecule has 0 spiro atoms. The minimum atomic E-state index is -6.59. The molecule has 2 aromatic rings. The molecule has 7 aliphatic rings. The number of carboxylic acids is 2. The van der Waals surface area contributed by atoms with E-state index < -0.39 is 270 Å². The largest absolute Gasteiger partial charge is 1.00 e. The first kappa shape index (κ1) is 124. The van der Waals surface area contributed by atoms with E-state index in [1.807, 2.05) is 0 Å². The summed E-state index contributed by atoms with van der Waals surface area (Å²) in [6.07, 6.45) is -57.5. The van der Waals surface area contributed by atoms with Crippen LogP contribution in [-0.4, -0.2) is 310 Å². The van der Waals surface area contributed by atoms with Crippen LogP contribution >= 0.6 is 0 Å². The van der Waals surface area contributed by atoms with Crippen molar-refractivity contribution < 1.29 is 482 Å². The van der Waals surface area contributed by atoms with Gasteiger partial charge in [0.2, 0.25) is 72.8 Å². The number of ether oxygens (including phenoxy) is 16. The molecule has 0 saturated carbocycles. The van der Waals surface area contributed by atoms with Crippen LogP contribution in [-0.2, 0) is 201 Å². The number of carbonyl (C=O) groups excluding carboxylic acids is 2. The van der Waals surface area contributed by atoms with Crippen molar-refractivity contribution in [1.82, 2.24) is 0 Å². The van der Waals surface area contributed by atoms with Crippen LogP contribution in [0.3, 0.4) is 0 Å². The summed E-state index contributed by atoms with van der Waals surface area (Å²) in [4.78, 5) is 30.6. The molecule has 0 aliphatic carbocycles. The van der Waals surface area contributed by atoms with E-state index in [4.69, 9.17) is 80.0 Å². The van der Waals surface area contributed by atoms with Crippen molar-refractivity contribution in [3.63, 3.8) is 0 Å². The molecule has 7 saturated heterocycles. The topological polar surface area (TPSA) is 742 Å². The van der Waals surface area contributed by atoms with Gasteiger partial charge < -0.3 is 127 Å². The molecule has 67 heteroatoms. The van der Waals surface area contributed by atoms with Gasteiger partial charge in [-0.2, -0.15) is 0 Å². The summed E-state index contributed by atoms with van der Waals surface area (Å²) in [5.41, 5.74) is 4.22. The van der Waals surface area contributed by atoms with E-state index in [9.17, 15) is 116 Å². The van der Waals surface area contributed by atoms with Crippen LogP contribution in [0.5, 0.6) is 0 Å². The number of hydrogen-bond donors (Lipinski definition) is 0. The van der Waals surface area contributed by atoms with Crippen LogP contribution in [0.25, 0.3) is 10.4 Å². The van der Waals surface area contributed by atoms with Crippen LogP contribution in [0.4, 0.5) is 0 Å². The molecule has 0 N–H and O–H groups in total. The monoisotopic (exact) mass is 1910 g/mol. The number of azide groups is 1. The molecule has 7 aliphatic heterocycles. The zero-order chi connectivity index (χ0) is 80.8. The van der Waals surface area contributed by atoms with Crippen molar-refractivity contribution in [3.8, 4) is 0 Å². The Morgan fingerprint density at radius 3 is 1.19 bits per heavy atom. The number of carboxylic acid groups (broad SMARTS) is 2. The smallest absolute Gasteiger partial charge is 0.726 e. The Hall–Kier alpha value is 4.14. The maximum atomic E-state index is 14.0. The van der Waals surface area contributed by atoms with Crippen molar-refractivity contribution >= 4 is 84.7 Å². The van der Waals surface area contributed by atoms with Crippen molar-refractivity contribution in [2.75, 3.05) is 54.9 Å². The molecule has 7 fully saturated rings. The number of hydrogen-bond acceptors (Lipinski definition) is 49. The molecule has 25 atom stereocenters. The SMILES string of the molecule is CC[C@]1(C(=O)[O-])O[C@@H](O[C@H]2[C@H](OS(=O)(=O)[O-])[C@@H](OS(=O)(=O)[O-])[C@@H](O[C@H]3[C@H](OC)[C@@H]4OC[C@@]3(C(=O)[O-])O[C@H]4O[C@H]3[C@H](OS(=O)(=O)[O-])[C@@H](OS(=O)(=O)[O-])[C@@H](OC)O[C@@H]3COS(=O)(=O)[O-])O[C@@H]2COS(=O)(=O)[O-])[C@H](OC)[C@@H](OC)[C@@H]1O[C@H]1O[C@H](COS(=O)(=O)[O-])[C@@H](OCc2ccccc2)[C@H](OCc2ccccc2)[C@H]1N=[N+]=[N-].[Na+].[Na+].[Na+].[Na+].[Na+].[Na+].[Na+].[Na+].[Na+]. The fourth-order valence-corrected chi connectivity index (χ4v) is 15.3. The van der Waals surface area contributed by atoms with Crippen LogP contribution in [0.15, 0.2) is 65.8 Å². The molecule has 620 valence electrons. The Labute approximate surface area is 874 Å². The Morgan fingerprint density at radius 1 is 0.432 bits per heavy atom. The van der Waals surface area contributed by atoms with E-state index in [1.165, 1.54) is 0 Å². The van der Waals surface area contributed by atoms with Crippen molar-refractivity contribution in [2.45, 2.75) is 179 Å². The normalized spacial score (nSPS) is 32.9. The molecule has 118 heavy (non-hydrogen) atoms. The van der Waals surface area contributed by atoms with Crippen molar-refractivity contribution in [3.05, 3.63) is 82.2 Å². The molecule has 2 bridgehead atoms. The minimum absolute atomic E-state index is 0. The number of aliphatic carboxylic acids is 2. The number of fused-ring (bicyclic) bond motifs is 3. The summed E-state index contributed by atoms with van der Waals surface area (Å²) in [7, 11) is -40.2. The number of nitrogens with zero attached hydrogens (tertiary/aromatic N) is 3. The quantitative estimate of drug-likeness (QED) is 0.0150. The van der Waals surface area contributed by atoms with Gasteiger partial charge in [-0.1, -0.05) is 72.7 Å². The second-order valence-electron chi connectivity index (χ2n) is 23.4. The number of rotatable bonds is 39. The summed E-state index contributed by atoms with van der Waals surface area (Å²) in [5, 5.41) is 31.5. The van der Waals surface area contributed by atoms with E-state index >= 15 is 0 Å². The van der Waals surface area contributed by atoms with Gasteiger partial charge in [-0.25, -0.2) is 58.9 Å². The minimum Gasteiger partial charge on any atom is -0.726 e. The fourth-order valence-electron chi connectivity index (χ4n) is 12.5. The molecule has 51 nitrogen and oxygen atoms in total. The number of carbonyl (C=O) groups is 2. The van der Waals surface area contributed by atoms with Gasteiger partial charge in [0.15, 0.2) is 49.3 Å². The Balaban J connectivity index is 0. The van der Waals surface area contributed by atoms with Gasteiger partial charge in [0.25, 0.3) is 0 Å². The van der Waals surface area contributed by atoms with Crippen LogP contribution in [0.2, 0.25) is 0 Å². The second-order valence-corrected chi connectivity index (χ2v) is 30.6. The number of methoxy groups -OCH3 is 4. The summed E-state index contributed by atoms with van der Waals surface area (Å²) < 4.78 is 383. The first-order valence-corrected chi connectivity index (χ1v) is 39.9. The van der Waals surface area contributed by atoms with Crippen LogP contribution < -0.4 is 276 Å². The maximum absolute atomic E-state index is 14.0. The van der Waals surface area contributed by atoms with Gasteiger partial charge in [-0.15, -0.1) is 0 Å². The molecule has 0 radical (unpaired) electrons. The zero-order valence-corrected chi connectivity index (χ0v) is 88.5. The summed E-state index contributed by atoms with van der Waals surface area (Å²) in [6, 6.07) is 14.1. The van der Waals surface area contributed by atoms with Gasteiger partial charge in [-0.05, 0) is 23.1 Å². The molecular weight excluding hydrogens is 1850 g/mol. The average Bonchev–Trinajstić information content (AvgIpc) is 0.716. The van der Waals surface area contributed by atoms with Gasteiger partial charge in [0.1, 0.15) is 103 Å². The third-order valence-corrected chi connectivity index (χ3v) is 20.0. The van der Waals surface area contributed by atoms with Gasteiger partial charge in [-0.3, -0.25) is 29.3 Å². The van der Waals surface area contributed by atoms with Crippen LogP contribution in [0, 0.1) is 0 Å². The summed E-state index contributed by atoms with van der Waals surface area (Å²) in [5.74, 6) is -4.97. The van der Waals surface area contributed by atoms with Crippen molar-refractivity contribution in [2.24, 2.45) is 5.11 Å². The Kier molecular flexibility index (Phi) is 56.1. The Bertz CT molecular complexity index is 4370.